The van der Waals surface area contributed by atoms with Gasteiger partial charge in [-0.25, -0.2) is 4.79 Å². The second-order valence-electron chi connectivity index (χ2n) is 6.66. The van der Waals surface area contributed by atoms with Gasteiger partial charge in [0.05, 0.1) is 0 Å². The molecule has 0 spiro atoms. The summed E-state index contributed by atoms with van der Waals surface area (Å²) in [7, 11) is 0. The van der Waals surface area contributed by atoms with Gasteiger partial charge in [-0.15, -0.1) is 0 Å². The van der Waals surface area contributed by atoms with Gasteiger partial charge >= 0.3 is 6.03 Å². The van der Waals surface area contributed by atoms with Crippen molar-refractivity contribution in [3.8, 4) is 0 Å². The van der Waals surface area contributed by atoms with Crippen LogP contribution in [-0.2, 0) is 0 Å². The van der Waals surface area contributed by atoms with Gasteiger partial charge in [0.2, 0.25) is 0 Å². The van der Waals surface area contributed by atoms with Gasteiger partial charge in [0.1, 0.15) is 0 Å². The SMILES string of the molecule is CC(C)CC1(CNC(=O)N2CCCC2)CCCC1. The Kier molecular flexibility index (Phi) is 4.52. The molecule has 1 aliphatic heterocycles. The first kappa shape index (κ1) is 13.7. The number of nitrogens with one attached hydrogen (secondary N) is 1. The van der Waals surface area contributed by atoms with Crippen molar-refractivity contribution >= 4 is 6.03 Å². The van der Waals surface area contributed by atoms with Crippen LogP contribution < -0.4 is 5.32 Å². The van der Waals surface area contributed by atoms with Crippen LogP contribution in [0.2, 0.25) is 0 Å². The second kappa shape index (κ2) is 5.94. The molecule has 0 aromatic heterocycles. The van der Waals surface area contributed by atoms with E-state index in [1.165, 1.54) is 44.9 Å². The van der Waals surface area contributed by atoms with E-state index < -0.39 is 0 Å². The van der Waals surface area contributed by atoms with Crippen molar-refractivity contribution in [2.75, 3.05) is 19.6 Å². The summed E-state index contributed by atoms with van der Waals surface area (Å²) in [6.07, 6.45) is 8.87. The number of carbonyl (C=O) groups is 1. The third kappa shape index (κ3) is 3.39. The van der Waals surface area contributed by atoms with Gasteiger partial charge in [-0.05, 0) is 43.4 Å². The van der Waals surface area contributed by atoms with Crippen molar-refractivity contribution in [3.05, 3.63) is 0 Å². The largest absolute Gasteiger partial charge is 0.337 e. The smallest absolute Gasteiger partial charge is 0.317 e. The summed E-state index contributed by atoms with van der Waals surface area (Å²) in [5.41, 5.74) is 0.392. The van der Waals surface area contributed by atoms with Gasteiger partial charge in [-0.1, -0.05) is 26.7 Å². The van der Waals surface area contributed by atoms with E-state index in [0.717, 1.165) is 25.6 Å². The lowest BCUT2D eigenvalue weighted by Crippen LogP contribution is -2.43. The van der Waals surface area contributed by atoms with Crippen LogP contribution in [0, 0.1) is 11.3 Å². The predicted molar refractivity (Wildman–Crippen MR) is 74.6 cm³/mol. The summed E-state index contributed by atoms with van der Waals surface area (Å²) in [6, 6.07) is 0.169. The molecule has 0 unspecified atom stereocenters. The van der Waals surface area contributed by atoms with Crippen LogP contribution in [0.1, 0.15) is 58.8 Å². The van der Waals surface area contributed by atoms with Gasteiger partial charge in [-0.3, -0.25) is 0 Å². The molecule has 0 radical (unpaired) electrons. The zero-order valence-electron chi connectivity index (χ0n) is 12.0. The molecular formula is C15H28N2O. The number of nitrogens with zero attached hydrogens (tertiary/aromatic N) is 1. The zero-order chi connectivity index (χ0) is 13.0. The Balaban J connectivity index is 1.83. The van der Waals surface area contributed by atoms with Crippen molar-refractivity contribution in [2.45, 2.75) is 58.8 Å². The highest BCUT2D eigenvalue weighted by Crippen LogP contribution is 2.42. The average molecular weight is 252 g/mol. The molecule has 3 nitrogen and oxygen atoms in total. The molecule has 2 fully saturated rings. The van der Waals surface area contributed by atoms with Gasteiger partial charge < -0.3 is 10.2 Å². The monoisotopic (exact) mass is 252 g/mol. The number of urea groups is 1. The first-order chi connectivity index (χ1) is 8.61. The minimum Gasteiger partial charge on any atom is -0.337 e. The highest BCUT2D eigenvalue weighted by atomic mass is 16.2. The van der Waals surface area contributed by atoms with Gasteiger partial charge in [0.15, 0.2) is 0 Å². The number of carbonyl (C=O) groups excluding carboxylic acids is 1. The minimum absolute atomic E-state index is 0.169. The molecule has 2 aliphatic rings. The zero-order valence-corrected chi connectivity index (χ0v) is 12.0. The average Bonchev–Trinajstić information content (AvgIpc) is 2.96. The molecule has 1 heterocycles. The Labute approximate surface area is 111 Å². The van der Waals surface area contributed by atoms with Crippen molar-refractivity contribution < 1.29 is 4.79 Å². The molecule has 18 heavy (non-hydrogen) atoms. The summed E-state index contributed by atoms with van der Waals surface area (Å²) in [6.45, 7) is 7.37. The van der Waals surface area contributed by atoms with Crippen LogP contribution in [0.4, 0.5) is 4.79 Å². The Morgan fingerprint density at radius 3 is 2.33 bits per heavy atom. The third-order valence-corrected chi connectivity index (χ3v) is 4.51. The van der Waals surface area contributed by atoms with Crippen LogP contribution in [0.3, 0.4) is 0 Å². The Bertz CT molecular complexity index is 276. The molecule has 1 aliphatic carbocycles. The van der Waals surface area contributed by atoms with E-state index in [0.29, 0.717) is 5.41 Å². The van der Waals surface area contributed by atoms with Crippen molar-refractivity contribution in [3.63, 3.8) is 0 Å². The van der Waals surface area contributed by atoms with E-state index in [1.807, 2.05) is 4.90 Å². The lowest BCUT2D eigenvalue weighted by Gasteiger charge is -2.32. The molecule has 2 amide bonds. The molecule has 1 saturated heterocycles. The maximum Gasteiger partial charge on any atom is 0.317 e. The molecule has 3 heteroatoms. The number of amides is 2. The topological polar surface area (TPSA) is 32.3 Å². The van der Waals surface area contributed by atoms with E-state index in [9.17, 15) is 4.79 Å². The number of rotatable bonds is 4. The van der Waals surface area contributed by atoms with E-state index in [-0.39, 0.29) is 6.03 Å². The van der Waals surface area contributed by atoms with E-state index in [1.54, 1.807) is 0 Å². The van der Waals surface area contributed by atoms with E-state index in [4.69, 9.17) is 0 Å². The first-order valence-corrected chi connectivity index (χ1v) is 7.64. The summed E-state index contributed by atoms with van der Waals surface area (Å²) < 4.78 is 0. The van der Waals surface area contributed by atoms with Crippen molar-refractivity contribution in [1.82, 2.24) is 10.2 Å². The number of hydrogen-bond donors (Lipinski definition) is 1. The first-order valence-electron chi connectivity index (χ1n) is 7.64. The lowest BCUT2D eigenvalue weighted by molar-refractivity contribution is 0.187. The molecule has 1 N–H and O–H groups in total. The van der Waals surface area contributed by atoms with E-state index >= 15 is 0 Å². The molecule has 0 bridgehead atoms. The fraction of sp³-hybridized carbons (Fsp3) is 0.933. The summed E-state index contributed by atoms with van der Waals surface area (Å²) in [4.78, 5) is 14.0. The molecule has 104 valence electrons. The second-order valence-corrected chi connectivity index (χ2v) is 6.66. The van der Waals surface area contributed by atoms with Crippen LogP contribution in [-0.4, -0.2) is 30.6 Å². The summed E-state index contributed by atoms with van der Waals surface area (Å²) in [5.74, 6) is 0.729. The lowest BCUT2D eigenvalue weighted by atomic mass is 9.78. The number of likely N-dealkylation sites (tertiary alicyclic amines) is 1. The van der Waals surface area contributed by atoms with Crippen LogP contribution in [0.15, 0.2) is 0 Å². The van der Waals surface area contributed by atoms with Crippen molar-refractivity contribution in [1.29, 1.82) is 0 Å². The van der Waals surface area contributed by atoms with Crippen molar-refractivity contribution in [2.24, 2.45) is 11.3 Å². The molecule has 2 rings (SSSR count). The fourth-order valence-corrected chi connectivity index (χ4v) is 3.74. The Hall–Kier alpha value is -0.730. The highest BCUT2D eigenvalue weighted by Gasteiger charge is 2.35. The standard InChI is InChI=1S/C15H28N2O/c1-13(2)11-15(7-3-4-8-15)12-16-14(18)17-9-5-6-10-17/h13H,3-12H2,1-2H3,(H,16,18). The quantitative estimate of drug-likeness (QED) is 0.817. The van der Waals surface area contributed by atoms with Gasteiger partial charge in [0, 0.05) is 19.6 Å². The number of hydrogen-bond acceptors (Lipinski definition) is 1. The van der Waals surface area contributed by atoms with E-state index in [2.05, 4.69) is 19.2 Å². The molecular weight excluding hydrogens is 224 g/mol. The van der Waals surface area contributed by atoms with Crippen LogP contribution >= 0.6 is 0 Å². The van der Waals surface area contributed by atoms with Crippen LogP contribution in [0.5, 0.6) is 0 Å². The Morgan fingerprint density at radius 1 is 1.17 bits per heavy atom. The Morgan fingerprint density at radius 2 is 1.78 bits per heavy atom. The molecule has 1 saturated carbocycles. The maximum atomic E-state index is 12.0. The minimum atomic E-state index is 0.169. The maximum absolute atomic E-state index is 12.0. The highest BCUT2D eigenvalue weighted by molar-refractivity contribution is 5.74. The predicted octanol–water partition coefficient (Wildman–Crippen LogP) is 3.40. The normalized spacial score (nSPS) is 22.7. The van der Waals surface area contributed by atoms with Gasteiger partial charge in [0.25, 0.3) is 0 Å². The fourth-order valence-electron chi connectivity index (χ4n) is 3.74. The third-order valence-electron chi connectivity index (χ3n) is 4.51. The molecule has 0 atom stereocenters. The van der Waals surface area contributed by atoms with Crippen LogP contribution in [0.25, 0.3) is 0 Å². The van der Waals surface area contributed by atoms with Gasteiger partial charge in [-0.2, -0.15) is 0 Å². The molecule has 0 aromatic carbocycles. The summed E-state index contributed by atoms with van der Waals surface area (Å²) >= 11 is 0. The molecule has 0 aromatic rings. The summed E-state index contributed by atoms with van der Waals surface area (Å²) in [5, 5.41) is 3.20.